The second-order valence-corrected chi connectivity index (χ2v) is 3.95. The average molecular weight is 237 g/mol. The Kier molecular flexibility index (Phi) is 6.29. The summed E-state index contributed by atoms with van der Waals surface area (Å²) in [5, 5.41) is 8.52. The van der Waals surface area contributed by atoms with E-state index in [2.05, 4.69) is 0 Å². The van der Waals surface area contributed by atoms with E-state index in [1.165, 1.54) is 12.8 Å². The molecule has 94 valence electrons. The standard InChI is InChI=1S/C9H11NO2.C4H8O/c10-8(9(11)12)6-7-4-2-1-3-5-7;1-2-4-5-3-1/h1-5,8H,6,10H2,(H,11,12);1-4H2. The van der Waals surface area contributed by atoms with E-state index in [9.17, 15) is 4.79 Å². The van der Waals surface area contributed by atoms with Crippen LogP contribution in [0.3, 0.4) is 0 Å². The number of aliphatic carboxylic acids is 1. The van der Waals surface area contributed by atoms with E-state index in [1.54, 1.807) is 0 Å². The molecule has 2 rings (SSSR count). The Morgan fingerprint density at radius 1 is 1.29 bits per heavy atom. The number of carbonyl (C=O) groups is 1. The smallest absolute Gasteiger partial charge is 0.320 e. The number of benzene rings is 1. The molecule has 0 radical (unpaired) electrons. The number of ether oxygens (including phenoxy) is 1. The Morgan fingerprint density at radius 3 is 2.29 bits per heavy atom. The van der Waals surface area contributed by atoms with Gasteiger partial charge in [0, 0.05) is 13.2 Å². The quantitative estimate of drug-likeness (QED) is 0.834. The number of hydrogen-bond acceptors (Lipinski definition) is 3. The lowest BCUT2D eigenvalue weighted by molar-refractivity contribution is -0.138. The van der Waals surface area contributed by atoms with Gasteiger partial charge in [-0.15, -0.1) is 0 Å². The lowest BCUT2D eigenvalue weighted by Gasteiger charge is -2.04. The Bertz CT molecular complexity index is 315. The fourth-order valence-corrected chi connectivity index (χ4v) is 1.47. The van der Waals surface area contributed by atoms with Gasteiger partial charge >= 0.3 is 5.97 Å². The molecule has 1 aliphatic heterocycles. The fourth-order valence-electron chi connectivity index (χ4n) is 1.47. The van der Waals surface area contributed by atoms with Gasteiger partial charge in [0.2, 0.25) is 0 Å². The molecule has 1 fully saturated rings. The average Bonchev–Trinajstić information content (AvgIpc) is 2.89. The summed E-state index contributed by atoms with van der Waals surface area (Å²) in [5.41, 5.74) is 6.30. The summed E-state index contributed by atoms with van der Waals surface area (Å²) in [6.07, 6.45) is 2.94. The van der Waals surface area contributed by atoms with Crippen molar-refractivity contribution in [2.24, 2.45) is 5.73 Å². The van der Waals surface area contributed by atoms with Crippen LogP contribution >= 0.6 is 0 Å². The first-order chi connectivity index (χ1) is 8.20. The molecule has 1 unspecified atom stereocenters. The third-order valence-corrected chi connectivity index (χ3v) is 2.44. The summed E-state index contributed by atoms with van der Waals surface area (Å²) in [4.78, 5) is 10.4. The second-order valence-electron chi connectivity index (χ2n) is 3.95. The number of rotatable bonds is 3. The van der Waals surface area contributed by atoms with Gasteiger partial charge in [-0.3, -0.25) is 4.79 Å². The van der Waals surface area contributed by atoms with Crippen molar-refractivity contribution in [2.75, 3.05) is 13.2 Å². The number of carboxylic acid groups (broad SMARTS) is 1. The van der Waals surface area contributed by atoms with Gasteiger partial charge in [0.15, 0.2) is 0 Å². The van der Waals surface area contributed by atoms with Gasteiger partial charge in [-0.1, -0.05) is 30.3 Å². The second kappa shape index (κ2) is 7.81. The Labute approximate surface area is 101 Å². The Morgan fingerprint density at radius 2 is 1.88 bits per heavy atom. The summed E-state index contributed by atoms with van der Waals surface area (Å²) in [7, 11) is 0. The van der Waals surface area contributed by atoms with Crippen LogP contribution in [0.15, 0.2) is 30.3 Å². The molecule has 17 heavy (non-hydrogen) atoms. The molecular weight excluding hydrogens is 218 g/mol. The predicted octanol–water partition coefficient (Wildman–Crippen LogP) is 1.44. The summed E-state index contributed by atoms with van der Waals surface area (Å²) in [5.74, 6) is -0.959. The van der Waals surface area contributed by atoms with E-state index < -0.39 is 12.0 Å². The maximum absolute atomic E-state index is 10.4. The van der Waals surface area contributed by atoms with Crippen molar-refractivity contribution >= 4 is 5.97 Å². The van der Waals surface area contributed by atoms with Crippen LogP contribution in [0, 0.1) is 0 Å². The van der Waals surface area contributed by atoms with E-state index in [0.29, 0.717) is 6.42 Å². The highest BCUT2D eigenvalue weighted by molar-refractivity contribution is 5.73. The zero-order valence-corrected chi connectivity index (χ0v) is 9.84. The molecule has 0 spiro atoms. The summed E-state index contributed by atoms with van der Waals surface area (Å²) in [6, 6.07) is 8.54. The third-order valence-electron chi connectivity index (χ3n) is 2.44. The number of carboxylic acids is 1. The molecule has 3 N–H and O–H groups in total. The first-order valence-corrected chi connectivity index (χ1v) is 5.80. The fraction of sp³-hybridized carbons (Fsp3) is 0.462. The van der Waals surface area contributed by atoms with Crippen molar-refractivity contribution in [3.05, 3.63) is 35.9 Å². The maximum atomic E-state index is 10.4. The van der Waals surface area contributed by atoms with E-state index >= 15 is 0 Å². The molecule has 0 aromatic heterocycles. The first kappa shape index (κ1) is 13.7. The van der Waals surface area contributed by atoms with E-state index in [4.69, 9.17) is 15.6 Å². The summed E-state index contributed by atoms with van der Waals surface area (Å²) in [6.45, 7) is 2.00. The van der Waals surface area contributed by atoms with Crippen LogP contribution in [0.2, 0.25) is 0 Å². The van der Waals surface area contributed by atoms with Crippen molar-refractivity contribution < 1.29 is 14.6 Å². The van der Waals surface area contributed by atoms with Crippen LogP contribution in [-0.4, -0.2) is 30.3 Å². The lowest BCUT2D eigenvalue weighted by Crippen LogP contribution is -2.32. The van der Waals surface area contributed by atoms with E-state index in [-0.39, 0.29) is 0 Å². The molecule has 0 bridgehead atoms. The van der Waals surface area contributed by atoms with E-state index in [0.717, 1.165) is 18.8 Å². The topological polar surface area (TPSA) is 72.5 Å². The molecule has 1 aromatic carbocycles. The largest absolute Gasteiger partial charge is 0.480 e. The van der Waals surface area contributed by atoms with Crippen LogP contribution in [0.4, 0.5) is 0 Å². The highest BCUT2D eigenvalue weighted by Gasteiger charge is 2.10. The minimum absolute atomic E-state index is 0.385. The first-order valence-electron chi connectivity index (χ1n) is 5.80. The number of nitrogens with two attached hydrogens (primary N) is 1. The van der Waals surface area contributed by atoms with E-state index in [1.807, 2.05) is 30.3 Å². The van der Waals surface area contributed by atoms with Gasteiger partial charge in [-0.2, -0.15) is 0 Å². The molecule has 0 aliphatic carbocycles. The van der Waals surface area contributed by atoms with Gasteiger partial charge in [-0.25, -0.2) is 0 Å². The van der Waals surface area contributed by atoms with Gasteiger partial charge in [0.25, 0.3) is 0 Å². The molecule has 1 aromatic rings. The predicted molar refractivity (Wildman–Crippen MR) is 65.8 cm³/mol. The van der Waals surface area contributed by atoms with Crippen LogP contribution in [0.5, 0.6) is 0 Å². The normalized spacial score (nSPS) is 15.8. The molecule has 1 saturated heterocycles. The van der Waals surface area contributed by atoms with Gasteiger partial charge < -0.3 is 15.6 Å². The summed E-state index contributed by atoms with van der Waals surface area (Å²) >= 11 is 0. The molecule has 1 aliphatic rings. The van der Waals surface area contributed by atoms with Crippen molar-refractivity contribution in [1.82, 2.24) is 0 Å². The minimum Gasteiger partial charge on any atom is -0.480 e. The molecule has 4 nitrogen and oxygen atoms in total. The summed E-state index contributed by atoms with van der Waals surface area (Å²) < 4.78 is 4.94. The monoisotopic (exact) mass is 237 g/mol. The van der Waals surface area contributed by atoms with Crippen molar-refractivity contribution in [1.29, 1.82) is 0 Å². The Balaban J connectivity index is 0.000000239. The highest BCUT2D eigenvalue weighted by atomic mass is 16.5. The third kappa shape index (κ3) is 6.04. The lowest BCUT2D eigenvalue weighted by atomic mass is 10.1. The molecule has 4 heteroatoms. The molecule has 0 amide bonds. The maximum Gasteiger partial charge on any atom is 0.320 e. The van der Waals surface area contributed by atoms with Crippen LogP contribution in [0.1, 0.15) is 18.4 Å². The Hall–Kier alpha value is -1.39. The van der Waals surface area contributed by atoms with Gasteiger partial charge in [0.05, 0.1) is 0 Å². The zero-order chi connectivity index (χ0) is 12.5. The number of hydrogen-bond donors (Lipinski definition) is 2. The van der Waals surface area contributed by atoms with Crippen molar-refractivity contribution in [3.63, 3.8) is 0 Å². The van der Waals surface area contributed by atoms with Gasteiger partial charge in [-0.05, 0) is 24.8 Å². The van der Waals surface area contributed by atoms with Crippen molar-refractivity contribution in [3.8, 4) is 0 Å². The van der Waals surface area contributed by atoms with Crippen LogP contribution in [-0.2, 0) is 16.0 Å². The van der Waals surface area contributed by atoms with Gasteiger partial charge in [0.1, 0.15) is 6.04 Å². The zero-order valence-electron chi connectivity index (χ0n) is 9.84. The van der Waals surface area contributed by atoms with Crippen molar-refractivity contribution in [2.45, 2.75) is 25.3 Å². The minimum atomic E-state index is -0.959. The molecule has 1 heterocycles. The molecular formula is C13H19NO3. The highest BCUT2D eigenvalue weighted by Crippen LogP contribution is 2.01. The molecule has 1 atom stereocenters. The molecule has 0 saturated carbocycles. The SMILES string of the molecule is C1CCOC1.NC(Cc1ccccc1)C(=O)O. The van der Waals surface area contributed by atoms with Crippen LogP contribution in [0.25, 0.3) is 0 Å². The van der Waals surface area contributed by atoms with Crippen LogP contribution < -0.4 is 5.73 Å².